The number of carbonyl (C=O) groups is 2. The summed E-state index contributed by atoms with van der Waals surface area (Å²) in [5.41, 5.74) is 2.15. The van der Waals surface area contributed by atoms with Crippen molar-refractivity contribution in [1.29, 1.82) is 0 Å². The van der Waals surface area contributed by atoms with Gasteiger partial charge in [0.05, 0.1) is 5.69 Å². The first-order valence-electron chi connectivity index (χ1n) is 10.5. The Labute approximate surface area is 172 Å². The maximum Gasteiger partial charge on any atom is 0.265 e. The van der Waals surface area contributed by atoms with E-state index in [1.54, 1.807) is 4.90 Å². The van der Waals surface area contributed by atoms with Crippen LogP contribution in [-0.4, -0.2) is 43.0 Å². The normalized spacial score (nSPS) is 17.0. The molecule has 2 aromatic rings. The minimum atomic E-state index is -0.0869. The van der Waals surface area contributed by atoms with E-state index in [0.29, 0.717) is 24.6 Å². The van der Waals surface area contributed by atoms with E-state index in [-0.39, 0.29) is 18.4 Å². The first-order valence-corrected chi connectivity index (χ1v) is 10.5. The molecule has 0 bridgehead atoms. The molecule has 152 valence electrons. The summed E-state index contributed by atoms with van der Waals surface area (Å²) in [4.78, 5) is 28.6. The van der Waals surface area contributed by atoms with Gasteiger partial charge in [-0.2, -0.15) is 0 Å². The summed E-state index contributed by atoms with van der Waals surface area (Å²) in [6.45, 7) is 2.10. The lowest BCUT2D eigenvalue weighted by atomic mass is 9.90. The number of rotatable bonds is 6. The van der Waals surface area contributed by atoms with Crippen LogP contribution in [0.2, 0.25) is 0 Å². The van der Waals surface area contributed by atoms with Crippen molar-refractivity contribution in [1.82, 2.24) is 4.90 Å². The molecule has 2 heterocycles. The number of hydrogen-bond donors (Lipinski definition) is 0. The molecule has 1 fully saturated rings. The van der Waals surface area contributed by atoms with Crippen molar-refractivity contribution >= 4 is 17.5 Å². The van der Waals surface area contributed by atoms with E-state index in [9.17, 15) is 9.59 Å². The third-order valence-electron chi connectivity index (χ3n) is 6.01. The Hall–Kier alpha value is -2.82. The Bertz CT molecular complexity index is 844. The number of carbonyl (C=O) groups excluding carboxylic acids is 2. The van der Waals surface area contributed by atoms with E-state index in [2.05, 4.69) is 30.3 Å². The topological polar surface area (TPSA) is 49.9 Å². The zero-order valence-corrected chi connectivity index (χ0v) is 16.8. The van der Waals surface area contributed by atoms with Gasteiger partial charge < -0.3 is 14.5 Å². The van der Waals surface area contributed by atoms with Gasteiger partial charge in [0.1, 0.15) is 5.75 Å². The summed E-state index contributed by atoms with van der Waals surface area (Å²) in [6, 6.07) is 18.1. The summed E-state index contributed by atoms with van der Waals surface area (Å²) in [6.07, 6.45) is 4.79. The van der Waals surface area contributed by atoms with Gasteiger partial charge in [-0.3, -0.25) is 9.59 Å². The van der Waals surface area contributed by atoms with E-state index < -0.39 is 0 Å². The first-order chi connectivity index (χ1) is 14.2. The molecule has 2 amide bonds. The van der Waals surface area contributed by atoms with Crippen LogP contribution < -0.4 is 9.64 Å². The van der Waals surface area contributed by atoms with Gasteiger partial charge in [-0.25, -0.2) is 0 Å². The van der Waals surface area contributed by atoms with Crippen LogP contribution in [0.15, 0.2) is 54.6 Å². The predicted octanol–water partition coefficient (Wildman–Crippen LogP) is 3.67. The molecule has 5 heteroatoms. The second-order valence-corrected chi connectivity index (χ2v) is 7.90. The predicted molar refractivity (Wildman–Crippen MR) is 113 cm³/mol. The molecule has 4 rings (SSSR count). The average Bonchev–Trinajstić information content (AvgIpc) is 2.78. The number of likely N-dealkylation sites (tertiary alicyclic amines) is 1. The van der Waals surface area contributed by atoms with Crippen LogP contribution in [-0.2, 0) is 16.0 Å². The summed E-state index contributed by atoms with van der Waals surface area (Å²) in [5.74, 6) is 1.45. The van der Waals surface area contributed by atoms with Gasteiger partial charge in [-0.05, 0) is 49.3 Å². The smallest absolute Gasteiger partial charge is 0.265 e. The second-order valence-electron chi connectivity index (χ2n) is 7.90. The average molecular weight is 392 g/mol. The minimum absolute atomic E-state index is 0.0397. The minimum Gasteiger partial charge on any atom is -0.482 e. The first kappa shape index (κ1) is 19.5. The molecular weight excluding hydrogens is 364 g/mol. The van der Waals surface area contributed by atoms with Crippen molar-refractivity contribution in [2.75, 3.05) is 31.1 Å². The van der Waals surface area contributed by atoms with Gasteiger partial charge in [0.2, 0.25) is 5.91 Å². The summed E-state index contributed by atoms with van der Waals surface area (Å²) >= 11 is 0. The Kier molecular flexibility index (Phi) is 6.13. The monoisotopic (exact) mass is 392 g/mol. The second kappa shape index (κ2) is 9.12. The van der Waals surface area contributed by atoms with Crippen LogP contribution in [0.3, 0.4) is 0 Å². The van der Waals surface area contributed by atoms with E-state index in [1.165, 1.54) is 12.0 Å². The zero-order valence-electron chi connectivity index (χ0n) is 16.8. The lowest BCUT2D eigenvalue weighted by molar-refractivity contribution is -0.132. The summed E-state index contributed by atoms with van der Waals surface area (Å²) in [5, 5.41) is 0. The van der Waals surface area contributed by atoms with Crippen LogP contribution >= 0.6 is 0 Å². The lowest BCUT2D eigenvalue weighted by Gasteiger charge is -2.33. The third-order valence-corrected chi connectivity index (χ3v) is 6.01. The van der Waals surface area contributed by atoms with Crippen molar-refractivity contribution < 1.29 is 14.3 Å². The molecule has 0 radical (unpaired) electrons. The van der Waals surface area contributed by atoms with E-state index >= 15 is 0 Å². The molecule has 0 aliphatic carbocycles. The largest absolute Gasteiger partial charge is 0.482 e. The van der Waals surface area contributed by atoms with Crippen molar-refractivity contribution in [2.45, 2.75) is 32.1 Å². The lowest BCUT2D eigenvalue weighted by Crippen LogP contribution is -2.43. The maximum absolute atomic E-state index is 12.7. The van der Waals surface area contributed by atoms with Crippen LogP contribution in [0.4, 0.5) is 5.69 Å². The fraction of sp³-hybridized carbons (Fsp3) is 0.417. The standard InChI is InChI=1S/C24H28N2O3/c27-23(14-17-26-21-8-4-5-9-22(21)29-18-24(26)28)25-15-12-20(13-16-25)11-10-19-6-2-1-3-7-19/h1-9,20H,10-18H2. The van der Waals surface area contributed by atoms with Crippen LogP contribution in [0.5, 0.6) is 5.75 Å². The number of para-hydroxylation sites is 2. The summed E-state index contributed by atoms with van der Waals surface area (Å²) in [7, 11) is 0. The Balaban J connectivity index is 1.24. The molecule has 2 aliphatic heterocycles. The molecule has 2 aromatic carbocycles. The van der Waals surface area contributed by atoms with E-state index in [1.807, 2.05) is 29.2 Å². The van der Waals surface area contributed by atoms with Crippen molar-refractivity contribution in [3.8, 4) is 5.75 Å². The van der Waals surface area contributed by atoms with Gasteiger partial charge in [0.25, 0.3) is 5.91 Å². The van der Waals surface area contributed by atoms with Crippen LogP contribution in [0, 0.1) is 5.92 Å². The molecule has 2 aliphatic rings. The molecule has 0 aromatic heterocycles. The molecule has 0 N–H and O–H groups in total. The number of fused-ring (bicyclic) bond motifs is 1. The van der Waals surface area contributed by atoms with Crippen molar-refractivity contribution in [3.05, 3.63) is 60.2 Å². The molecule has 0 atom stereocenters. The highest BCUT2D eigenvalue weighted by Crippen LogP contribution is 2.31. The van der Waals surface area contributed by atoms with E-state index in [4.69, 9.17) is 4.74 Å². The van der Waals surface area contributed by atoms with Gasteiger partial charge in [0.15, 0.2) is 6.61 Å². The SMILES string of the molecule is O=C(CCN1C(=O)COc2ccccc21)N1CCC(CCc2ccccc2)CC1. The highest BCUT2D eigenvalue weighted by molar-refractivity contribution is 5.98. The van der Waals surface area contributed by atoms with E-state index in [0.717, 1.165) is 38.0 Å². The number of aryl methyl sites for hydroxylation is 1. The van der Waals surface area contributed by atoms with Gasteiger partial charge in [-0.1, -0.05) is 42.5 Å². The Morgan fingerprint density at radius 1 is 1.00 bits per heavy atom. The van der Waals surface area contributed by atoms with Crippen LogP contribution in [0.1, 0.15) is 31.2 Å². The fourth-order valence-corrected chi connectivity index (χ4v) is 4.25. The number of anilines is 1. The highest BCUT2D eigenvalue weighted by atomic mass is 16.5. The number of ether oxygens (including phenoxy) is 1. The van der Waals surface area contributed by atoms with Gasteiger partial charge in [0, 0.05) is 26.1 Å². The molecule has 0 spiro atoms. The van der Waals surface area contributed by atoms with Crippen molar-refractivity contribution in [2.24, 2.45) is 5.92 Å². The van der Waals surface area contributed by atoms with Gasteiger partial charge in [-0.15, -0.1) is 0 Å². The molecule has 29 heavy (non-hydrogen) atoms. The zero-order chi connectivity index (χ0) is 20.1. The number of hydrogen-bond acceptors (Lipinski definition) is 3. The summed E-state index contributed by atoms with van der Waals surface area (Å²) < 4.78 is 5.47. The molecular formula is C24H28N2O3. The number of nitrogens with zero attached hydrogens (tertiary/aromatic N) is 2. The molecule has 0 saturated carbocycles. The number of piperidine rings is 1. The number of amides is 2. The quantitative estimate of drug-likeness (QED) is 0.754. The molecule has 0 unspecified atom stereocenters. The maximum atomic E-state index is 12.7. The van der Waals surface area contributed by atoms with Gasteiger partial charge >= 0.3 is 0 Å². The molecule has 5 nitrogen and oxygen atoms in total. The van der Waals surface area contributed by atoms with Crippen molar-refractivity contribution in [3.63, 3.8) is 0 Å². The Morgan fingerprint density at radius 3 is 2.52 bits per heavy atom. The third kappa shape index (κ3) is 4.78. The molecule has 1 saturated heterocycles. The fourth-order valence-electron chi connectivity index (χ4n) is 4.25. The number of benzene rings is 2. The Morgan fingerprint density at radius 2 is 1.72 bits per heavy atom. The highest BCUT2D eigenvalue weighted by Gasteiger charge is 2.27. The van der Waals surface area contributed by atoms with Crippen LogP contribution in [0.25, 0.3) is 0 Å².